The molecule has 1 saturated heterocycles. The van der Waals surface area contributed by atoms with E-state index in [9.17, 15) is 9.59 Å². The van der Waals surface area contributed by atoms with Crippen molar-refractivity contribution in [3.63, 3.8) is 0 Å². The summed E-state index contributed by atoms with van der Waals surface area (Å²) in [7, 11) is 3.12. The first-order valence-electron chi connectivity index (χ1n) is 14.7. The molecule has 0 spiro atoms. The van der Waals surface area contributed by atoms with Gasteiger partial charge in [0.05, 0.1) is 18.7 Å². The fourth-order valence-electron chi connectivity index (χ4n) is 5.26. The van der Waals surface area contributed by atoms with Crippen molar-refractivity contribution in [1.82, 2.24) is 15.2 Å². The van der Waals surface area contributed by atoms with Gasteiger partial charge in [-0.15, -0.1) is 0 Å². The number of likely N-dealkylation sites (N-methyl/N-ethyl adjacent to an activating group) is 1. The maximum Gasteiger partial charge on any atom is 0.313 e. The molecule has 1 unspecified atom stereocenters. The van der Waals surface area contributed by atoms with Crippen LogP contribution in [-0.4, -0.2) is 61.6 Å². The van der Waals surface area contributed by atoms with E-state index in [4.69, 9.17) is 14.2 Å². The molecule has 10 heteroatoms. The second-order valence-electron chi connectivity index (χ2n) is 10.9. The Balaban J connectivity index is 1.25. The molecular weight excluding hydrogens is 563 g/mol. The van der Waals surface area contributed by atoms with Gasteiger partial charge in [-0.3, -0.25) is 14.6 Å². The number of hydrogen-bond acceptors (Lipinski definition) is 7. The van der Waals surface area contributed by atoms with Gasteiger partial charge >= 0.3 is 11.8 Å². The zero-order chi connectivity index (χ0) is 31.1. The van der Waals surface area contributed by atoms with E-state index >= 15 is 4.39 Å². The molecule has 0 radical (unpaired) electrons. The summed E-state index contributed by atoms with van der Waals surface area (Å²) in [6, 6.07) is 18.9. The Morgan fingerprint density at radius 3 is 2.52 bits per heavy atom. The third kappa shape index (κ3) is 7.44. The van der Waals surface area contributed by atoms with E-state index in [1.54, 1.807) is 32.5 Å². The van der Waals surface area contributed by atoms with Crippen LogP contribution in [-0.2, 0) is 16.0 Å². The molecule has 9 nitrogen and oxygen atoms in total. The van der Waals surface area contributed by atoms with E-state index < -0.39 is 17.6 Å². The third-order valence-corrected chi connectivity index (χ3v) is 7.88. The van der Waals surface area contributed by atoms with Gasteiger partial charge in [-0.25, -0.2) is 4.39 Å². The summed E-state index contributed by atoms with van der Waals surface area (Å²) < 4.78 is 33.0. The van der Waals surface area contributed by atoms with Crippen molar-refractivity contribution in [2.75, 3.05) is 39.1 Å². The molecular formula is C34H37FN4O5. The van der Waals surface area contributed by atoms with Crippen LogP contribution < -0.4 is 24.8 Å². The maximum absolute atomic E-state index is 15.1. The highest BCUT2D eigenvalue weighted by atomic mass is 19.1. The van der Waals surface area contributed by atoms with Gasteiger partial charge in [-0.2, -0.15) is 0 Å². The number of carbonyl (C=O) groups is 2. The standard InChI is InChI=1S/C34H37FN4O5/c1-22(24-11-15-36-16-12-24)43-32-21-28-26(20-31(32)42-3)29(13-17-37-28)44-30-10-9-25(19-27(30)35)38-33(40)34(41)39(2)18-14-23-7-5-4-6-8-23/h4-10,13,17,19-22,24,36H,11-12,14-16,18H2,1-3H3,(H,38,40). The van der Waals surface area contributed by atoms with Gasteiger partial charge < -0.3 is 29.7 Å². The molecule has 4 aromatic rings. The van der Waals surface area contributed by atoms with E-state index in [0.29, 0.717) is 47.0 Å². The van der Waals surface area contributed by atoms with E-state index in [1.165, 1.54) is 17.0 Å². The second-order valence-corrected chi connectivity index (χ2v) is 10.9. The highest BCUT2D eigenvalue weighted by Crippen LogP contribution is 2.39. The Bertz CT molecular complexity index is 1610. The molecule has 1 aromatic heterocycles. The highest BCUT2D eigenvalue weighted by Gasteiger charge is 2.24. The second kappa shape index (κ2) is 14.2. The normalized spacial score (nSPS) is 14.1. The van der Waals surface area contributed by atoms with Crippen LogP contribution in [0.15, 0.2) is 72.9 Å². The monoisotopic (exact) mass is 600 g/mol. The molecule has 44 heavy (non-hydrogen) atoms. The van der Waals surface area contributed by atoms with Crippen LogP contribution in [0.5, 0.6) is 23.0 Å². The molecule has 0 saturated carbocycles. The first-order chi connectivity index (χ1) is 21.3. The topological polar surface area (TPSA) is 102 Å². The average molecular weight is 601 g/mol. The fourth-order valence-corrected chi connectivity index (χ4v) is 5.26. The van der Waals surface area contributed by atoms with E-state index in [-0.39, 0.29) is 17.5 Å². The first kappa shape index (κ1) is 30.7. The number of nitrogens with one attached hydrogen (secondary N) is 2. The number of methoxy groups -OCH3 is 1. The summed E-state index contributed by atoms with van der Waals surface area (Å²) in [5.41, 5.74) is 1.80. The zero-order valence-corrected chi connectivity index (χ0v) is 25.1. The van der Waals surface area contributed by atoms with Crippen molar-refractivity contribution >= 4 is 28.4 Å². The fraction of sp³-hybridized carbons (Fsp3) is 0.324. The molecule has 0 bridgehead atoms. The van der Waals surface area contributed by atoms with Crippen molar-refractivity contribution in [2.24, 2.45) is 5.92 Å². The van der Waals surface area contributed by atoms with Crippen LogP contribution in [0.4, 0.5) is 10.1 Å². The van der Waals surface area contributed by atoms with E-state index in [0.717, 1.165) is 37.6 Å². The lowest BCUT2D eigenvalue weighted by Gasteiger charge is -2.29. The Kier molecular flexibility index (Phi) is 9.91. The van der Waals surface area contributed by atoms with Crippen molar-refractivity contribution in [2.45, 2.75) is 32.3 Å². The van der Waals surface area contributed by atoms with Gasteiger partial charge in [0, 0.05) is 43.0 Å². The minimum Gasteiger partial charge on any atom is -0.493 e. The molecule has 0 aliphatic carbocycles. The summed E-state index contributed by atoms with van der Waals surface area (Å²) in [6.45, 7) is 4.39. The Morgan fingerprint density at radius 1 is 1.02 bits per heavy atom. The van der Waals surface area contributed by atoms with Crippen LogP contribution in [0, 0.1) is 11.7 Å². The largest absolute Gasteiger partial charge is 0.493 e. The van der Waals surface area contributed by atoms with Crippen LogP contribution in [0.1, 0.15) is 25.3 Å². The van der Waals surface area contributed by atoms with Crippen LogP contribution in [0.2, 0.25) is 0 Å². The van der Waals surface area contributed by atoms with Gasteiger partial charge in [-0.1, -0.05) is 30.3 Å². The van der Waals surface area contributed by atoms with Crippen LogP contribution >= 0.6 is 0 Å². The molecule has 2 amide bonds. The van der Waals surface area contributed by atoms with Gasteiger partial charge in [0.15, 0.2) is 23.1 Å². The molecule has 2 N–H and O–H groups in total. The Morgan fingerprint density at radius 2 is 1.80 bits per heavy atom. The highest BCUT2D eigenvalue weighted by molar-refractivity contribution is 6.39. The van der Waals surface area contributed by atoms with Gasteiger partial charge in [0.1, 0.15) is 5.75 Å². The quantitative estimate of drug-likeness (QED) is 0.229. The molecule has 2 heterocycles. The molecule has 1 aliphatic rings. The predicted molar refractivity (Wildman–Crippen MR) is 167 cm³/mol. The number of carbonyl (C=O) groups excluding carboxylic acids is 2. The molecule has 1 aliphatic heterocycles. The number of amides is 2. The van der Waals surface area contributed by atoms with Gasteiger partial charge in [0.2, 0.25) is 0 Å². The lowest BCUT2D eigenvalue weighted by molar-refractivity contribution is -0.142. The van der Waals surface area contributed by atoms with Crippen molar-refractivity contribution in [3.8, 4) is 23.0 Å². The van der Waals surface area contributed by atoms with E-state index in [2.05, 4.69) is 22.5 Å². The van der Waals surface area contributed by atoms with Crippen molar-refractivity contribution < 1.29 is 28.2 Å². The minimum absolute atomic E-state index is 0.000895. The molecule has 5 rings (SSSR count). The zero-order valence-electron chi connectivity index (χ0n) is 25.1. The molecule has 230 valence electrons. The average Bonchev–Trinajstić information content (AvgIpc) is 3.05. The molecule has 1 atom stereocenters. The predicted octanol–water partition coefficient (Wildman–Crippen LogP) is 5.58. The SMILES string of the molecule is COc1cc2c(Oc3ccc(NC(=O)C(=O)N(C)CCc4ccccc4)cc3F)ccnc2cc1OC(C)C1CCNCC1. The number of aromatic nitrogens is 1. The summed E-state index contributed by atoms with van der Waals surface area (Å²) >= 11 is 0. The minimum atomic E-state index is -0.853. The first-order valence-corrected chi connectivity index (χ1v) is 14.7. The smallest absolute Gasteiger partial charge is 0.313 e. The van der Waals surface area contributed by atoms with Gasteiger partial charge in [-0.05, 0) is 75.0 Å². The number of anilines is 1. The van der Waals surface area contributed by atoms with Crippen molar-refractivity contribution in [1.29, 1.82) is 0 Å². The number of pyridine rings is 1. The third-order valence-electron chi connectivity index (χ3n) is 7.88. The number of rotatable bonds is 10. The number of ether oxygens (including phenoxy) is 3. The molecule has 3 aromatic carbocycles. The van der Waals surface area contributed by atoms with Gasteiger partial charge in [0.25, 0.3) is 0 Å². The lowest BCUT2D eigenvalue weighted by atomic mass is 9.93. The molecule has 1 fully saturated rings. The number of hydrogen-bond donors (Lipinski definition) is 2. The summed E-state index contributed by atoms with van der Waals surface area (Å²) in [5.74, 6) is -0.414. The number of fused-ring (bicyclic) bond motifs is 1. The van der Waals surface area contributed by atoms with Crippen LogP contribution in [0.25, 0.3) is 10.9 Å². The number of benzene rings is 3. The Labute approximate surface area is 256 Å². The summed E-state index contributed by atoms with van der Waals surface area (Å²) in [6.07, 6.45) is 4.28. The number of piperidine rings is 1. The van der Waals surface area contributed by atoms with Crippen LogP contribution in [0.3, 0.4) is 0 Å². The summed E-state index contributed by atoms with van der Waals surface area (Å²) in [5, 5.41) is 6.47. The van der Waals surface area contributed by atoms with Crippen molar-refractivity contribution in [3.05, 3.63) is 84.3 Å². The number of nitrogens with zero attached hydrogens (tertiary/aromatic N) is 2. The summed E-state index contributed by atoms with van der Waals surface area (Å²) in [4.78, 5) is 30.9. The lowest BCUT2D eigenvalue weighted by Crippen LogP contribution is -2.38. The number of halogens is 1. The maximum atomic E-state index is 15.1. The Hall–Kier alpha value is -4.70. The van der Waals surface area contributed by atoms with E-state index in [1.807, 2.05) is 36.4 Å².